The number of hydrogen-bond donors (Lipinski definition) is 2. The van der Waals surface area contributed by atoms with Gasteiger partial charge in [-0.1, -0.05) is 25.5 Å². The van der Waals surface area contributed by atoms with Crippen LogP contribution in [0.5, 0.6) is 0 Å². The van der Waals surface area contributed by atoms with Crippen LogP contribution in [-0.2, 0) is 11.2 Å². The van der Waals surface area contributed by atoms with E-state index in [0.717, 1.165) is 24.3 Å². The summed E-state index contributed by atoms with van der Waals surface area (Å²) in [5.41, 5.74) is 7.32. The van der Waals surface area contributed by atoms with Crippen molar-refractivity contribution in [3.05, 3.63) is 29.8 Å². The number of nitrogens with two attached hydrogens (primary N) is 1. The SMILES string of the molecule is CCCCN(C)CCNC(=O)Cc1ccc(N)cc1.Cl.Cl. The van der Waals surface area contributed by atoms with E-state index in [-0.39, 0.29) is 30.7 Å². The van der Waals surface area contributed by atoms with Crippen molar-refractivity contribution in [2.24, 2.45) is 0 Å². The van der Waals surface area contributed by atoms with Crippen LogP contribution in [0.4, 0.5) is 5.69 Å². The molecule has 0 bridgehead atoms. The summed E-state index contributed by atoms with van der Waals surface area (Å²) in [5.74, 6) is 0.0636. The van der Waals surface area contributed by atoms with Crippen LogP contribution in [0.25, 0.3) is 0 Å². The maximum absolute atomic E-state index is 11.7. The zero-order chi connectivity index (χ0) is 14.1. The number of unbranched alkanes of at least 4 members (excludes halogenated alkanes) is 1. The molecular weight excluding hydrogens is 309 g/mol. The Morgan fingerprint density at radius 2 is 1.81 bits per heavy atom. The molecule has 6 heteroatoms. The van der Waals surface area contributed by atoms with Gasteiger partial charge in [0.1, 0.15) is 0 Å². The highest BCUT2D eigenvalue weighted by atomic mass is 35.5. The lowest BCUT2D eigenvalue weighted by Gasteiger charge is -2.16. The van der Waals surface area contributed by atoms with Crippen LogP contribution in [0.2, 0.25) is 0 Å². The molecule has 122 valence electrons. The average Bonchev–Trinajstić information content (AvgIpc) is 2.39. The third-order valence-electron chi connectivity index (χ3n) is 3.05. The molecule has 0 radical (unpaired) electrons. The second-order valence-corrected chi connectivity index (χ2v) is 4.93. The topological polar surface area (TPSA) is 58.4 Å². The normalized spacial score (nSPS) is 9.67. The van der Waals surface area contributed by atoms with Crippen LogP contribution in [0.1, 0.15) is 25.3 Å². The van der Waals surface area contributed by atoms with E-state index in [1.807, 2.05) is 24.3 Å². The van der Waals surface area contributed by atoms with E-state index in [1.165, 1.54) is 12.8 Å². The summed E-state index contributed by atoms with van der Waals surface area (Å²) in [6, 6.07) is 7.42. The van der Waals surface area contributed by atoms with Gasteiger partial charge >= 0.3 is 0 Å². The van der Waals surface area contributed by atoms with Crippen LogP contribution in [0.3, 0.4) is 0 Å². The van der Waals surface area contributed by atoms with Crippen molar-refractivity contribution in [1.82, 2.24) is 10.2 Å². The summed E-state index contributed by atoms with van der Waals surface area (Å²) in [7, 11) is 2.09. The molecular formula is C15H27Cl2N3O. The highest BCUT2D eigenvalue weighted by molar-refractivity contribution is 5.85. The number of hydrogen-bond acceptors (Lipinski definition) is 3. The van der Waals surface area contributed by atoms with Crippen molar-refractivity contribution in [2.45, 2.75) is 26.2 Å². The Balaban J connectivity index is 0. The van der Waals surface area contributed by atoms with Crippen molar-refractivity contribution in [2.75, 3.05) is 32.4 Å². The molecule has 4 nitrogen and oxygen atoms in total. The smallest absolute Gasteiger partial charge is 0.224 e. The molecule has 0 aromatic heterocycles. The first kappa shape index (κ1) is 22.3. The monoisotopic (exact) mass is 335 g/mol. The second kappa shape index (κ2) is 12.7. The van der Waals surface area contributed by atoms with Gasteiger partial charge in [-0.2, -0.15) is 0 Å². The molecule has 1 rings (SSSR count). The summed E-state index contributed by atoms with van der Waals surface area (Å²) in [6.07, 6.45) is 2.82. The van der Waals surface area contributed by atoms with Gasteiger partial charge in [0.05, 0.1) is 6.42 Å². The number of amides is 1. The van der Waals surface area contributed by atoms with Crippen LogP contribution < -0.4 is 11.1 Å². The Kier molecular flexibility index (Phi) is 13.5. The number of nitrogens with one attached hydrogen (secondary N) is 1. The first-order valence-electron chi connectivity index (χ1n) is 6.91. The van der Waals surface area contributed by atoms with E-state index in [4.69, 9.17) is 5.73 Å². The fourth-order valence-corrected chi connectivity index (χ4v) is 1.81. The first-order valence-corrected chi connectivity index (χ1v) is 6.91. The van der Waals surface area contributed by atoms with Crippen molar-refractivity contribution >= 4 is 36.4 Å². The van der Waals surface area contributed by atoms with Gasteiger partial charge in [-0.3, -0.25) is 4.79 Å². The number of carbonyl (C=O) groups is 1. The van der Waals surface area contributed by atoms with E-state index >= 15 is 0 Å². The Labute approximate surface area is 140 Å². The molecule has 0 atom stereocenters. The van der Waals surface area contributed by atoms with Crippen LogP contribution in [-0.4, -0.2) is 37.5 Å². The molecule has 1 amide bonds. The summed E-state index contributed by atoms with van der Waals surface area (Å²) in [4.78, 5) is 14.0. The van der Waals surface area contributed by atoms with Crippen molar-refractivity contribution in [3.8, 4) is 0 Å². The number of halogens is 2. The summed E-state index contributed by atoms with van der Waals surface area (Å²) >= 11 is 0. The largest absolute Gasteiger partial charge is 0.399 e. The minimum absolute atomic E-state index is 0. The first-order chi connectivity index (χ1) is 9.11. The van der Waals surface area contributed by atoms with Gasteiger partial charge in [0.2, 0.25) is 5.91 Å². The highest BCUT2D eigenvalue weighted by Crippen LogP contribution is 2.05. The molecule has 0 saturated heterocycles. The Hall–Kier alpha value is -0.970. The van der Waals surface area contributed by atoms with Gasteiger partial charge in [0.25, 0.3) is 0 Å². The zero-order valence-corrected chi connectivity index (χ0v) is 14.4. The minimum Gasteiger partial charge on any atom is -0.399 e. The van der Waals surface area contributed by atoms with Gasteiger partial charge < -0.3 is 16.0 Å². The fraction of sp³-hybridized carbons (Fsp3) is 0.533. The quantitative estimate of drug-likeness (QED) is 0.717. The molecule has 1 aromatic rings. The van der Waals surface area contributed by atoms with E-state index in [9.17, 15) is 4.79 Å². The summed E-state index contributed by atoms with van der Waals surface area (Å²) in [6.45, 7) is 4.87. The molecule has 0 spiro atoms. The summed E-state index contributed by atoms with van der Waals surface area (Å²) in [5, 5.41) is 2.94. The minimum atomic E-state index is 0. The number of likely N-dealkylation sites (N-methyl/N-ethyl adjacent to an activating group) is 1. The molecule has 0 unspecified atom stereocenters. The van der Waals surface area contributed by atoms with Gasteiger partial charge in [-0.05, 0) is 37.7 Å². The molecule has 0 aliphatic rings. The Bertz CT molecular complexity index is 385. The molecule has 1 aromatic carbocycles. The van der Waals surface area contributed by atoms with E-state index in [1.54, 1.807) is 0 Å². The molecule has 21 heavy (non-hydrogen) atoms. The number of nitrogen functional groups attached to an aromatic ring is 1. The van der Waals surface area contributed by atoms with Crippen molar-refractivity contribution < 1.29 is 4.79 Å². The van der Waals surface area contributed by atoms with Crippen molar-refractivity contribution in [3.63, 3.8) is 0 Å². The fourth-order valence-electron chi connectivity index (χ4n) is 1.81. The summed E-state index contributed by atoms with van der Waals surface area (Å²) < 4.78 is 0. The predicted molar refractivity (Wildman–Crippen MR) is 94.5 cm³/mol. The number of nitrogens with zero attached hydrogens (tertiary/aromatic N) is 1. The Morgan fingerprint density at radius 3 is 2.38 bits per heavy atom. The maximum Gasteiger partial charge on any atom is 0.224 e. The lowest BCUT2D eigenvalue weighted by atomic mass is 10.1. The molecule has 0 fully saturated rings. The van der Waals surface area contributed by atoms with Crippen molar-refractivity contribution in [1.29, 1.82) is 0 Å². The molecule has 0 saturated carbocycles. The molecule has 0 heterocycles. The number of benzene rings is 1. The van der Waals surface area contributed by atoms with Crippen LogP contribution >= 0.6 is 24.8 Å². The van der Waals surface area contributed by atoms with E-state index < -0.39 is 0 Å². The van der Waals surface area contributed by atoms with Crippen LogP contribution in [0, 0.1) is 0 Å². The van der Waals surface area contributed by atoms with Gasteiger partial charge in [0, 0.05) is 18.8 Å². The van der Waals surface area contributed by atoms with Gasteiger partial charge in [0.15, 0.2) is 0 Å². The van der Waals surface area contributed by atoms with Gasteiger partial charge in [-0.25, -0.2) is 0 Å². The van der Waals surface area contributed by atoms with Crippen LogP contribution in [0.15, 0.2) is 24.3 Å². The lowest BCUT2D eigenvalue weighted by molar-refractivity contribution is -0.120. The molecule has 3 N–H and O–H groups in total. The van der Waals surface area contributed by atoms with Gasteiger partial charge in [-0.15, -0.1) is 24.8 Å². The molecule has 0 aliphatic heterocycles. The molecule has 0 aliphatic carbocycles. The zero-order valence-electron chi connectivity index (χ0n) is 12.8. The number of rotatable bonds is 8. The average molecular weight is 336 g/mol. The third kappa shape index (κ3) is 10.4. The maximum atomic E-state index is 11.7. The van der Waals surface area contributed by atoms with E-state index in [2.05, 4.69) is 24.2 Å². The Morgan fingerprint density at radius 1 is 1.19 bits per heavy atom. The highest BCUT2D eigenvalue weighted by Gasteiger charge is 2.03. The second-order valence-electron chi connectivity index (χ2n) is 4.93. The third-order valence-corrected chi connectivity index (χ3v) is 3.05. The predicted octanol–water partition coefficient (Wildman–Crippen LogP) is 2.50. The lowest BCUT2D eigenvalue weighted by Crippen LogP contribution is -2.34. The number of anilines is 1. The standard InChI is InChI=1S/C15H25N3O.2ClH/c1-3-4-10-18(2)11-9-17-15(19)12-13-5-7-14(16)8-6-13;;/h5-8H,3-4,9-12,16H2,1-2H3,(H,17,19);2*1H. The number of carbonyl (C=O) groups excluding carboxylic acids is 1. The van der Waals surface area contributed by atoms with E-state index in [0.29, 0.717) is 13.0 Å².